The molecule has 136 valence electrons. The molecular formula is C20H29N3O2. The Morgan fingerprint density at radius 1 is 1.32 bits per heavy atom. The van der Waals surface area contributed by atoms with Crippen molar-refractivity contribution < 1.29 is 9.53 Å². The van der Waals surface area contributed by atoms with Crippen molar-refractivity contribution in [1.29, 1.82) is 0 Å². The maximum Gasteiger partial charge on any atom is 0.224 e. The molecule has 0 bridgehead atoms. The third-order valence-corrected chi connectivity index (χ3v) is 5.03. The lowest BCUT2D eigenvalue weighted by molar-refractivity contribution is -0.133. The van der Waals surface area contributed by atoms with Gasteiger partial charge in [-0.15, -0.1) is 0 Å². The molecule has 1 aromatic carbocycles. The molecule has 0 aliphatic carbocycles. The molecule has 3 rings (SSSR count). The third kappa shape index (κ3) is 4.21. The number of imidazole rings is 1. The van der Waals surface area contributed by atoms with Crippen LogP contribution in [0.5, 0.6) is 0 Å². The van der Waals surface area contributed by atoms with Crippen molar-refractivity contribution in [2.45, 2.75) is 58.6 Å². The van der Waals surface area contributed by atoms with Crippen molar-refractivity contribution in [3.63, 3.8) is 0 Å². The van der Waals surface area contributed by atoms with Gasteiger partial charge in [0.1, 0.15) is 5.82 Å². The fourth-order valence-electron chi connectivity index (χ4n) is 3.61. The number of benzene rings is 1. The smallest absolute Gasteiger partial charge is 0.224 e. The highest BCUT2D eigenvalue weighted by atomic mass is 16.5. The van der Waals surface area contributed by atoms with Crippen LogP contribution in [-0.4, -0.2) is 46.2 Å². The van der Waals surface area contributed by atoms with Gasteiger partial charge in [-0.1, -0.05) is 19.1 Å². The SMILES string of the molecule is CCc1nc2ccccc2n1CCC(=O)N(CC)C[C@H]1CCCCO1. The molecule has 0 radical (unpaired) electrons. The molecule has 0 saturated carbocycles. The van der Waals surface area contributed by atoms with E-state index >= 15 is 0 Å². The number of hydrogen-bond donors (Lipinski definition) is 0. The number of aromatic nitrogens is 2. The van der Waals surface area contributed by atoms with E-state index in [0.717, 1.165) is 55.8 Å². The van der Waals surface area contributed by atoms with Crippen molar-refractivity contribution in [2.75, 3.05) is 19.7 Å². The predicted octanol–water partition coefficient (Wildman–Crippen LogP) is 3.41. The first-order valence-corrected chi connectivity index (χ1v) is 9.56. The number of nitrogens with zero attached hydrogens (tertiary/aromatic N) is 3. The topological polar surface area (TPSA) is 47.4 Å². The zero-order chi connectivity index (χ0) is 17.6. The van der Waals surface area contributed by atoms with Gasteiger partial charge in [-0.2, -0.15) is 0 Å². The number of carbonyl (C=O) groups excluding carboxylic acids is 1. The average Bonchev–Trinajstić information content (AvgIpc) is 3.02. The van der Waals surface area contributed by atoms with Gasteiger partial charge in [0.25, 0.3) is 0 Å². The molecule has 0 unspecified atom stereocenters. The van der Waals surface area contributed by atoms with E-state index in [1.807, 2.05) is 30.0 Å². The van der Waals surface area contributed by atoms with Gasteiger partial charge in [-0.25, -0.2) is 4.98 Å². The minimum Gasteiger partial charge on any atom is -0.376 e. The van der Waals surface area contributed by atoms with Gasteiger partial charge in [0.2, 0.25) is 5.91 Å². The van der Waals surface area contributed by atoms with Crippen molar-refractivity contribution in [3.8, 4) is 0 Å². The number of para-hydroxylation sites is 2. The molecule has 1 aliphatic heterocycles. The van der Waals surface area contributed by atoms with E-state index in [1.165, 1.54) is 6.42 Å². The van der Waals surface area contributed by atoms with Crippen LogP contribution in [0.1, 0.15) is 45.4 Å². The van der Waals surface area contributed by atoms with Gasteiger partial charge in [0, 0.05) is 39.1 Å². The number of likely N-dealkylation sites (N-methyl/N-ethyl adjacent to an activating group) is 1. The maximum atomic E-state index is 12.7. The van der Waals surface area contributed by atoms with Crippen LogP contribution in [0.15, 0.2) is 24.3 Å². The van der Waals surface area contributed by atoms with E-state index in [4.69, 9.17) is 4.74 Å². The second kappa shape index (κ2) is 8.48. The van der Waals surface area contributed by atoms with Crippen LogP contribution in [0, 0.1) is 0 Å². The monoisotopic (exact) mass is 343 g/mol. The number of hydrogen-bond acceptors (Lipinski definition) is 3. The van der Waals surface area contributed by atoms with E-state index in [0.29, 0.717) is 13.0 Å². The Kier molecular flexibility index (Phi) is 6.08. The molecule has 1 aromatic heterocycles. The Morgan fingerprint density at radius 2 is 2.16 bits per heavy atom. The minimum atomic E-state index is 0.205. The van der Waals surface area contributed by atoms with Crippen molar-refractivity contribution in [1.82, 2.24) is 14.5 Å². The molecule has 1 fully saturated rings. The standard InChI is InChI=1S/C20H29N3O2/c1-3-19-21-17-10-5-6-11-18(17)23(19)13-12-20(24)22(4-2)15-16-9-7-8-14-25-16/h5-6,10-11,16H,3-4,7-9,12-15H2,1-2H3/t16-/m1/s1. The summed E-state index contributed by atoms with van der Waals surface area (Å²) >= 11 is 0. The van der Waals surface area contributed by atoms with E-state index in [1.54, 1.807) is 0 Å². The molecule has 0 N–H and O–H groups in total. The Balaban J connectivity index is 1.64. The summed E-state index contributed by atoms with van der Waals surface area (Å²) in [7, 11) is 0. The first kappa shape index (κ1) is 17.9. The van der Waals surface area contributed by atoms with Crippen molar-refractivity contribution >= 4 is 16.9 Å². The maximum absolute atomic E-state index is 12.7. The second-order valence-electron chi connectivity index (χ2n) is 6.69. The fourth-order valence-corrected chi connectivity index (χ4v) is 3.61. The van der Waals surface area contributed by atoms with Crippen LogP contribution in [0.4, 0.5) is 0 Å². The van der Waals surface area contributed by atoms with Crippen LogP contribution < -0.4 is 0 Å². The highest BCUT2D eigenvalue weighted by Gasteiger charge is 2.20. The quantitative estimate of drug-likeness (QED) is 0.774. The Labute approximate surface area is 150 Å². The second-order valence-corrected chi connectivity index (χ2v) is 6.69. The third-order valence-electron chi connectivity index (χ3n) is 5.03. The van der Waals surface area contributed by atoms with Crippen LogP contribution in [-0.2, 0) is 22.5 Å². The zero-order valence-electron chi connectivity index (χ0n) is 15.4. The summed E-state index contributed by atoms with van der Waals surface area (Å²) < 4.78 is 7.99. The molecule has 2 aromatic rings. The van der Waals surface area contributed by atoms with Gasteiger partial charge in [-0.3, -0.25) is 4.79 Å². The summed E-state index contributed by atoms with van der Waals surface area (Å²) in [4.78, 5) is 19.3. The zero-order valence-corrected chi connectivity index (χ0v) is 15.4. The summed E-state index contributed by atoms with van der Waals surface area (Å²) in [6, 6.07) is 8.15. The summed E-state index contributed by atoms with van der Waals surface area (Å²) in [5.41, 5.74) is 2.13. The number of aryl methyl sites for hydroxylation is 2. The first-order valence-electron chi connectivity index (χ1n) is 9.56. The molecule has 0 spiro atoms. The largest absolute Gasteiger partial charge is 0.376 e. The average molecular weight is 343 g/mol. The van der Waals surface area contributed by atoms with Crippen LogP contribution in [0.2, 0.25) is 0 Å². The molecule has 1 amide bonds. The molecule has 1 aliphatic rings. The molecule has 2 heterocycles. The van der Waals surface area contributed by atoms with Crippen LogP contribution >= 0.6 is 0 Å². The molecule has 1 saturated heterocycles. The summed E-state index contributed by atoms with van der Waals surface area (Å²) in [5.74, 6) is 1.25. The van der Waals surface area contributed by atoms with E-state index < -0.39 is 0 Å². The number of amides is 1. The first-order chi connectivity index (χ1) is 12.2. The molecular weight excluding hydrogens is 314 g/mol. The summed E-state index contributed by atoms with van der Waals surface area (Å²) in [6.45, 7) is 7.13. The van der Waals surface area contributed by atoms with Gasteiger partial charge in [0.15, 0.2) is 0 Å². The lowest BCUT2D eigenvalue weighted by Crippen LogP contribution is -2.39. The summed E-state index contributed by atoms with van der Waals surface area (Å²) in [5, 5.41) is 0. The molecule has 25 heavy (non-hydrogen) atoms. The molecule has 5 nitrogen and oxygen atoms in total. The Bertz CT molecular complexity index is 704. The fraction of sp³-hybridized carbons (Fsp3) is 0.600. The highest BCUT2D eigenvalue weighted by molar-refractivity contribution is 5.78. The number of ether oxygens (including phenoxy) is 1. The van der Waals surface area contributed by atoms with Gasteiger partial charge >= 0.3 is 0 Å². The number of fused-ring (bicyclic) bond motifs is 1. The molecule has 5 heteroatoms. The Morgan fingerprint density at radius 3 is 2.88 bits per heavy atom. The lowest BCUT2D eigenvalue weighted by Gasteiger charge is -2.29. The predicted molar refractivity (Wildman–Crippen MR) is 99.6 cm³/mol. The summed E-state index contributed by atoms with van der Waals surface area (Å²) in [6.07, 6.45) is 5.00. The Hall–Kier alpha value is -1.88. The van der Waals surface area contributed by atoms with Crippen molar-refractivity contribution in [2.24, 2.45) is 0 Å². The van der Waals surface area contributed by atoms with Gasteiger partial charge < -0.3 is 14.2 Å². The van der Waals surface area contributed by atoms with Gasteiger partial charge in [0.05, 0.1) is 17.1 Å². The minimum absolute atomic E-state index is 0.205. The molecule has 1 atom stereocenters. The highest BCUT2D eigenvalue weighted by Crippen LogP contribution is 2.18. The van der Waals surface area contributed by atoms with Crippen LogP contribution in [0.3, 0.4) is 0 Å². The van der Waals surface area contributed by atoms with Gasteiger partial charge in [-0.05, 0) is 38.3 Å². The normalized spacial score (nSPS) is 17.8. The number of rotatable bonds is 7. The van der Waals surface area contributed by atoms with Crippen molar-refractivity contribution in [3.05, 3.63) is 30.1 Å². The van der Waals surface area contributed by atoms with Crippen LogP contribution in [0.25, 0.3) is 11.0 Å². The van der Waals surface area contributed by atoms with E-state index in [-0.39, 0.29) is 12.0 Å². The lowest BCUT2D eigenvalue weighted by atomic mass is 10.1. The van der Waals surface area contributed by atoms with E-state index in [9.17, 15) is 4.79 Å². The number of carbonyl (C=O) groups is 1. The van der Waals surface area contributed by atoms with E-state index in [2.05, 4.69) is 22.5 Å².